The van der Waals surface area contributed by atoms with Crippen molar-refractivity contribution in [1.82, 2.24) is 0 Å². The summed E-state index contributed by atoms with van der Waals surface area (Å²) in [5, 5.41) is -0.358. The van der Waals surface area contributed by atoms with Gasteiger partial charge in [-0.2, -0.15) is 13.2 Å². The molecule has 0 aliphatic carbocycles. The van der Waals surface area contributed by atoms with Crippen LogP contribution in [0.15, 0.2) is 43.4 Å². The molecule has 0 amide bonds. The van der Waals surface area contributed by atoms with Crippen LogP contribution >= 0.6 is 27.5 Å². The molecule has 14 heteroatoms. The second-order valence-electron chi connectivity index (χ2n) is 8.48. The van der Waals surface area contributed by atoms with Crippen LogP contribution in [0.5, 0.6) is 0 Å². The van der Waals surface area contributed by atoms with Gasteiger partial charge >= 0.3 is 226 Å². The fourth-order valence-electron chi connectivity index (χ4n) is 4.41. The fourth-order valence-corrected chi connectivity index (χ4v) is 7.91. The van der Waals surface area contributed by atoms with Gasteiger partial charge in [0.1, 0.15) is 0 Å². The third-order valence-electron chi connectivity index (χ3n) is 6.16. The van der Waals surface area contributed by atoms with Crippen molar-refractivity contribution in [2.45, 2.75) is 39.9 Å². The fraction of sp³-hybridized carbons (Fsp3) is 0.375. The number of oxazole rings is 1. The Morgan fingerprint density at radius 2 is 1.84 bits per heavy atom. The molecule has 0 saturated carbocycles. The van der Waals surface area contributed by atoms with Gasteiger partial charge in [-0.3, -0.25) is 0 Å². The summed E-state index contributed by atoms with van der Waals surface area (Å²) >= 11 is 9.46. The number of rotatable bonds is 8. The minimum atomic E-state index is -4.58. The van der Waals surface area contributed by atoms with Crippen LogP contribution < -0.4 is 14.4 Å². The third-order valence-corrected chi connectivity index (χ3v) is 10.2. The van der Waals surface area contributed by atoms with Gasteiger partial charge in [0.15, 0.2) is 0 Å². The Kier molecular flexibility index (Phi) is 8.47. The summed E-state index contributed by atoms with van der Waals surface area (Å²) < 4.78 is 82.3. The van der Waals surface area contributed by atoms with E-state index in [0.717, 1.165) is 26.1 Å². The van der Waals surface area contributed by atoms with E-state index in [1.807, 2.05) is 41.6 Å². The molecule has 0 fully saturated rings. The first-order valence-electron chi connectivity index (χ1n) is 11.7. The topological polar surface area (TPSA) is 77.9 Å². The Hall–Kier alpha value is -1.76. The molecule has 0 atom stereocenters. The number of benzene rings is 1. The molecular weight excluding hydrogens is 678 g/mol. The summed E-state index contributed by atoms with van der Waals surface area (Å²) in [5.74, 6) is 0.635. The maximum absolute atomic E-state index is 13.6. The van der Waals surface area contributed by atoms with E-state index in [9.17, 15) is 26.1 Å². The molecule has 1 aromatic carbocycles. The number of nitrogens with zero attached hydrogens (tertiary/aromatic N) is 3. The molecule has 7 nitrogen and oxygen atoms in total. The summed E-state index contributed by atoms with van der Waals surface area (Å²) in [4.78, 5) is 5.69. The van der Waals surface area contributed by atoms with Gasteiger partial charge in [0.25, 0.3) is 0 Å². The zero-order valence-corrected chi connectivity index (χ0v) is 25.5. The summed E-state index contributed by atoms with van der Waals surface area (Å²) in [6, 6.07) is 2.45. The van der Waals surface area contributed by atoms with E-state index in [4.69, 9.17) is 16.0 Å². The predicted octanol–water partition coefficient (Wildman–Crippen LogP) is 6.10. The number of aromatic nitrogens is 1. The van der Waals surface area contributed by atoms with Gasteiger partial charge in [-0.05, 0) is 0 Å². The molecular formula is C24H25BrClF3N3O4SSe+. The SMILES string of the molecule is CCC(=Cc1oc2[se]cc(Br)c2[n+]1CCS(=O)(=O)O)C=C1N(CC)c2cc(Cl)c(C(F)(F)F)cc2N1CC. The minimum absolute atomic E-state index is 0.0115. The molecule has 3 heterocycles. The van der Waals surface area contributed by atoms with Crippen LogP contribution in [0.25, 0.3) is 16.0 Å². The van der Waals surface area contributed by atoms with Crippen LogP contribution in [0.1, 0.15) is 38.6 Å². The molecule has 0 spiro atoms. The molecule has 206 valence electrons. The normalized spacial score (nSPS) is 15.8. The van der Waals surface area contributed by atoms with Gasteiger partial charge in [-0.25, -0.2) is 0 Å². The monoisotopic (exact) mass is 702 g/mol. The molecule has 1 aliphatic heterocycles. The van der Waals surface area contributed by atoms with Crippen molar-refractivity contribution in [3.63, 3.8) is 0 Å². The van der Waals surface area contributed by atoms with Crippen LogP contribution in [0.2, 0.25) is 5.02 Å². The van der Waals surface area contributed by atoms with Gasteiger partial charge in [0.2, 0.25) is 0 Å². The van der Waals surface area contributed by atoms with Crippen molar-refractivity contribution in [2.24, 2.45) is 0 Å². The van der Waals surface area contributed by atoms with Crippen LogP contribution in [-0.2, 0) is 22.8 Å². The van der Waals surface area contributed by atoms with Crippen LogP contribution in [0.3, 0.4) is 0 Å². The third kappa shape index (κ3) is 5.73. The van der Waals surface area contributed by atoms with Crippen molar-refractivity contribution in [3.8, 4) is 0 Å². The Morgan fingerprint density at radius 1 is 1.21 bits per heavy atom. The van der Waals surface area contributed by atoms with E-state index in [-0.39, 0.29) is 26.1 Å². The van der Waals surface area contributed by atoms with Gasteiger partial charge in [0.05, 0.1) is 0 Å². The number of hydrogen-bond acceptors (Lipinski definition) is 5. The Balaban J connectivity index is 1.82. The van der Waals surface area contributed by atoms with Crippen molar-refractivity contribution < 1.29 is 35.1 Å². The quantitative estimate of drug-likeness (QED) is 0.174. The number of anilines is 2. The zero-order valence-electron chi connectivity index (χ0n) is 20.6. The molecule has 4 rings (SSSR count). The molecule has 38 heavy (non-hydrogen) atoms. The van der Waals surface area contributed by atoms with E-state index in [1.165, 1.54) is 6.07 Å². The Morgan fingerprint density at radius 3 is 2.39 bits per heavy atom. The predicted molar refractivity (Wildman–Crippen MR) is 146 cm³/mol. The van der Waals surface area contributed by atoms with E-state index in [0.29, 0.717) is 42.6 Å². The van der Waals surface area contributed by atoms with Crippen LogP contribution in [0, 0.1) is 0 Å². The first kappa shape index (κ1) is 29.2. The number of allylic oxidation sites excluding steroid dienone is 2. The molecule has 3 aromatic rings. The van der Waals surface area contributed by atoms with Gasteiger partial charge in [0, 0.05) is 0 Å². The summed E-state index contributed by atoms with van der Waals surface area (Å²) in [7, 11) is -4.20. The van der Waals surface area contributed by atoms with Crippen molar-refractivity contribution >= 4 is 79.6 Å². The first-order valence-corrected chi connectivity index (χ1v) is 16.3. The van der Waals surface area contributed by atoms with E-state index < -0.39 is 27.6 Å². The van der Waals surface area contributed by atoms with Crippen LogP contribution in [-0.4, -0.2) is 46.3 Å². The number of halogens is 5. The average Bonchev–Trinajstić information content (AvgIpc) is 3.45. The number of hydrogen-bond donors (Lipinski definition) is 1. The van der Waals surface area contributed by atoms with Crippen molar-refractivity contribution in [2.75, 3.05) is 28.6 Å². The second-order valence-corrected chi connectivity index (χ2v) is 13.1. The first-order chi connectivity index (χ1) is 17.8. The summed E-state index contributed by atoms with van der Waals surface area (Å²) in [5.41, 5.74) is 1.67. The van der Waals surface area contributed by atoms with E-state index in [1.54, 1.807) is 10.6 Å². The zero-order chi connectivity index (χ0) is 28.0. The number of aryl methyl sites for hydroxylation is 1. The van der Waals surface area contributed by atoms with Crippen molar-refractivity contribution in [3.05, 3.63) is 55.5 Å². The summed E-state index contributed by atoms with van der Waals surface area (Å²) in [6.07, 6.45) is -0.326. The summed E-state index contributed by atoms with van der Waals surface area (Å²) in [6.45, 7) is 6.62. The molecule has 2 aromatic heterocycles. The molecule has 1 aliphatic rings. The molecule has 1 N–H and O–H groups in total. The molecule has 0 bridgehead atoms. The second kappa shape index (κ2) is 11.0. The Labute approximate surface area is 237 Å². The molecule has 0 unspecified atom stereocenters. The van der Waals surface area contributed by atoms with Crippen LogP contribution in [0.4, 0.5) is 24.5 Å². The maximum atomic E-state index is 13.6. The standard InChI is InChI=1S/C24H24BrClF3N3O4SSe/c1-4-14(10-21-32(7-8-37(33,34)35)22-16(25)13-38-23(22)36-21)9-20-30(5-2)18-11-15(24(27,28)29)17(26)12-19(18)31(20)6-3/h9-13H,4-8H2,1-3H3/p+1. The van der Waals surface area contributed by atoms with E-state index >= 15 is 0 Å². The van der Waals surface area contributed by atoms with Gasteiger partial charge in [-0.15, -0.1) is 0 Å². The molecule has 0 saturated heterocycles. The number of alkyl halides is 3. The van der Waals surface area contributed by atoms with Crippen molar-refractivity contribution in [1.29, 1.82) is 0 Å². The Bertz CT molecular complexity index is 1550. The molecule has 0 radical (unpaired) electrons. The van der Waals surface area contributed by atoms with E-state index in [2.05, 4.69) is 15.9 Å². The van der Waals surface area contributed by atoms with Gasteiger partial charge in [-0.1, -0.05) is 0 Å². The number of fused-ring (bicyclic) bond motifs is 2. The average molecular weight is 703 g/mol. The van der Waals surface area contributed by atoms with Gasteiger partial charge < -0.3 is 0 Å².